The van der Waals surface area contributed by atoms with E-state index in [9.17, 15) is 4.79 Å². The molecule has 0 aliphatic rings. The minimum absolute atomic E-state index is 0.0697. The Hall–Kier alpha value is -0.650. The average Bonchev–Trinajstić information content (AvgIpc) is 2.76. The summed E-state index contributed by atoms with van der Waals surface area (Å²) in [6.07, 6.45) is 0. The van der Waals surface area contributed by atoms with E-state index in [1.165, 1.54) is 11.3 Å². The van der Waals surface area contributed by atoms with Gasteiger partial charge in [-0.05, 0) is 57.3 Å². The van der Waals surface area contributed by atoms with E-state index in [1.54, 1.807) is 0 Å². The lowest BCUT2D eigenvalue weighted by atomic mass is 10.2. The van der Waals surface area contributed by atoms with Crippen LogP contribution in [0.3, 0.4) is 0 Å². The Morgan fingerprint density at radius 1 is 1.25 bits per heavy atom. The summed E-state index contributed by atoms with van der Waals surface area (Å²) in [4.78, 5) is 15.3. The molecule has 0 radical (unpaired) electrons. The third-order valence-electron chi connectivity index (χ3n) is 2.94. The molecule has 1 amide bonds. The van der Waals surface area contributed by atoms with Crippen LogP contribution in [0.5, 0.6) is 0 Å². The second-order valence-corrected chi connectivity index (χ2v) is 7.97. The molecule has 0 bridgehead atoms. The van der Waals surface area contributed by atoms with Crippen LogP contribution in [0.25, 0.3) is 0 Å². The molecular weight excluding hydrogens is 402 g/mol. The molecule has 2 nitrogen and oxygen atoms in total. The van der Waals surface area contributed by atoms with Crippen LogP contribution in [0.4, 0.5) is 0 Å². The topological polar surface area (TPSA) is 20.3 Å². The largest absolute Gasteiger partial charge is 0.331 e. The van der Waals surface area contributed by atoms with Gasteiger partial charge in [-0.25, -0.2) is 0 Å². The van der Waals surface area contributed by atoms with Gasteiger partial charge in [-0.3, -0.25) is 4.79 Å². The number of amides is 1. The van der Waals surface area contributed by atoms with Crippen molar-refractivity contribution in [2.75, 3.05) is 0 Å². The Morgan fingerprint density at radius 2 is 1.90 bits per heavy atom. The summed E-state index contributed by atoms with van der Waals surface area (Å²) in [5.41, 5.74) is 1.14. The molecule has 0 N–H and O–H groups in total. The molecule has 1 aromatic carbocycles. The maximum absolute atomic E-state index is 12.7. The highest BCUT2D eigenvalue weighted by Gasteiger charge is 2.21. The highest BCUT2D eigenvalue weighted by Crippen LogP contribution is 2.33. The maximum Gasteiger partial charge on any atom is 0.264 e. The van der Waals surface area contributed by atoms with Crippen molar-refractivity contribution >= 4 is 49.1 Å². The average molecular weight is 417 g/mol. The lowest BCUT2D eigenvalue weighted by Crippen LogP contribution is -2.35. The molecule has 20 heavy (non-hydrogen) atoms. The number of rotatable bonds is 4. The van der Waals surface area contributed by atoms with Gasteiger partial charge in [0.1, 0.15) is 0 Å². The molecule has 106 valence electrons. The van der Waals surface area contributed by atoms with E-state index in [1.807, 2.05) is 55.1 Å². The van der Waals surface area contributed by atoms with Crippen molar-refractivity contribution < 1.29 is 4.79 Å². The number of carbonyl (C=O) groups is 1. The molecule has 2 aromatic rings. The number of nitrogens with zero attached hydrogens (tertiary/aromatic N) is 1. The van der Waals surface area contributed by atoms with Crippen molar-refractivity contribution in [1.29, 1.82) is 0 Å². The summed E-state index contributed by atoms with van der Waals surface area (Å²) in [5, 5.41) is 0. The normalized spacial score (nSPS) is 10.8. The van der Waals surface area contributed by atoms with Crippen LogP contribution in [0.2, 0.25) is 0 Å². The van der Waals surface area contributed by atoms with Crippen LogP contribution in [0.1, 0.15) is 29.1 Å². The first kappa shape index (κ1) is 15.7. The Kier molecular flexibility index (Phi) is 5.41. The monoisotopic (exact) mass is 415 g/mol. The van der Waals surface area contributed by atoms with E-state index in [4.69, 9.17) is 0 Å². The molecule has 0 fully saturated rings. The second-order valence-electron chi connectivity index (χ2n) is 4.74. The molecule has 0 aliphatic heterocycles. The van der Waals surface area contributed by atoms with Gasteiger partial charge in [0.2, 0.25) is 0 Å². The highest BCUT2D eigenvalue weighted by atomic mass is 79.9. The summed E-state index contributed by atoms with van der Waals surface area (Å²) in [6.45, 7) is 4.71. The fraction of sp³-hybridized carbons (Fsp3) is 0.267. The maximum atomic E-state index is 12.7. The van der Waals surface area contributed by atoms with Crippen molar-refractivity contribution in [2.45, 2.75) is 26.4 Å². The van der Waals surface area contributed by atoms with Crippen molar-refractivity contribution in [3.8, 4) is 0 Å². The Labute approximate surface area is 140 Å². The van der Waals surface area contributed by atoms with Crippen molar-refractivity contribution in [3.05, 3.63) is 55.1 Å². The van der Waals surface area contributed by atoms with Gasteiger partial charge in [-0.2, -0.15) is 0 Å². The van der Waals surface area contributed by atoms with Gasteiger partial charge in [0, 0.05) is 17.1 Å². The van der Waals surface area contributed by atoms with E-state index in [-0.39, 0.29) is 11.9 Å². The number of hydrogen-bond donors (Lipinski definition) is 0. The molecule has 0 aliphatic carbocycles. The first-order chi connectivity index (χ1) is 9.49. The van der Waals surface area contributed by atoms with E-state index < -0.39 is 0 Å². The summed E-state index contributed by atoms with van der Waals surface area (Å²) in [7, 11) is 0. The fourth-order valence-electron chi connectivity index (χ4n) is 1.86. The molecule has 1 heterocycles. The third-order valence-corrected chi connectivity index (χ3v) is 6.18. The lowest BCUT2D eigenvalue weighted by Gasteiger charge is -2.26. The first-order valence-electron chi connectivity index (χ1n) is 6.28. The van der Waals surface area contributed by atoms with Gasteiger partial charge in [-0.15, -0.1) is 11.3 Å². The van der Waals surface area contributed by atoms with Crippen LogP contribution in [-0.2, 0) is 6.54 Å². The van der Waals surface area contributed by atoms with Gasteiger partial charge >= 0.3 is 0 Å². The zero-order chi connectivity index (χ0) is 14.7. The summed E-state index contributed by atoms with van der Waals surface area (Å²) < 4.78 is 1.87. The smallest absolute Gasteiger partial charge is 0.264 e. The zero-order valence-corrected chi connectivity index (χ0v) is 15.3. The first-order valence-corrected chi connectivity index (χ1v) is 8.69. The molecule has 5 heteroatoms. The van der Waals surface area contributed by atoms with E-state index in [0.717, 1.165) is 18.7 Å². The van der Waals surface area contributed by atoms with Crippen LogP contribution in [0.15, 0.2) is 44.7 Å². The minimum Gasteiger partial charge on any atom is -0.331 e. The van der Waals surface area contributed by atoms with Crippen molar-refractivity contribution in [1.82, 2.24) is 4.90 Å². The zero-order valence-electron chi connectivity index (χ0n) is 11.3. The summed E-state index contributed by atoms with van der Waals surface area (Å²) in [6, 6.07) is 12.1. The van der Waals surface area contributed by atoms with Crippen LogP contribution in [-0.4, -0.2) is 16.8 Å². The number of halogens is 2. The quantitative estimate of drug-likeness (QED) is 0.659. The Morgan fingerprint density at radius 3 is 2.40 bits per heavy atom. The molecular formula is C15H15Br2NOS. The number of benzene rings is 1. The molecule has 0 spiro atoms. The number of thiophene rings is 1. The van der Waals surface area contributed by atoms with Crippen molar-refractivity contribution in [2.24, 2.45) is 0 Å². The minimum atomic E-state index is 0.0697. The highest BCUT2D eigenvalue weighted by molar-refractivity contribution is 9.13. The number of carbonyl (C=O) groups excluding carboxylic acids is 1. The summed E-state index contributed by atoms with van der Waals surface area (Å²) in [5.74, 6) is 0.0697. The third kappa shape index (κ3) is 3.71. The molecule has 0 atom stereocenters. The molecule has 1 aromatic heterocycles. The van der Waals surface area contributed by atoms with Gasteiger partial charge < -0.3 is 4.90 Å². The molecule has 2 rings (SSSR count). The molecule has 0 saturated carbocycles. The SMILES string of the molecule is CC(C)N(Cc1ccccc1)C(=O)c1cc(Br)c(Br)s1. The predicted molar refractivity (Wildman–Crippen MR) is 91.2 cm³/mol. The van der Waals surface area contributed by atoms with Gasteiger partial charge in [0.25, 0.3) is 5.91 Å². The van der Waals surface area contributed by atoms with Gasteiger partial charge in [0.05, 0.1) is 8.66 Å². The van der Waals surface area contributed by atoms with Gasteiger partial charge in [0.15, 0.2) is 0 Å². The Balaban J connectivity index is 2.22. The molecule has 0 saturated heterocycles. The molecule has 0 unspecified atom stereocenters. The lowest BCUT2D eigenvalue weighted by molar-refractivity contribution is 0.0695. The number of hydrogen-bond acceptors (Lipinski definition) is 2. The van der Waals surface area contributed by atoms with Crippen LogP contribution < -0.4 is 0 Å². The van der Waals surface area contributed by atoms with E-state index in [0.29, 0.717) is 6.54 Å². The predicted octanol–water partition coefficient (Wildman–Crippen LogP) is 5.32. The van der Waals surface area contributed by atoms with E-state index in [2.05, 4.69) is 31.9 Å². The van der Waals surface area contributed by atoms with Crippen molar-refractivity contribution in [3.63, 3.8) is 0 Å². The fourth-order valence-corrected chi connectivity index (χ4v) is 3.85. The van der Waals surface area contributed by atoms with E-state index >= 15 is 0 Å². The standard InChI is InChI=1S/C15H15Br2NOS/c1-10(2)18(9-11-6-4-3-5-7-11)15(19)13-8-12(16)14(17)20-13/h3-8,10H,9H2,1-2H3. The second kappa shape index (κ2) is 6.87. The van der Waals surface area contributed by atoms with Gasteiger partial charge in [-0.1, -0.05) is 30.3 Å². The van der Waals surface area contributed by atoms with Crippen LogP contribution in [0, 0.1) is 0 Å². The Bertz CT molecular complexity index is 576. The summed E-state index contributed by atoms with van der Waals surface area (Å²) >= 11 is 8.33. The van der Waals surface area contributed by atoms with Crippen LogP contribution >= 0.6 is 43.2 Å².